The summed E-state index contributed by atoms with van der Waals surface area (Å²) in [5.41, 5.74) is 3.50. The predicted octanol–water partition coefficient (Wildman–Crippen LogP) is 5.29. The van der Waals surface area contributed by atoms with Gasteiger partial charge in [0, 0.05) is 0 Å². The maximum atomic E-state index is 2.43. The van der Waals surface area contributed by atoms with Crippen molar-refractivity contribution in [2.75, 3.05) is 37.0 Å². The highest BCUT2D eigenvalue weighted by molar-refractivity contribution is 7.58. The molecule has 0 heterocycles. The molecule has 1 rings (SSSR count). The molecule has 0 atom stereocenters. The van der Waals surface area contributed by atoms with Crippen LogP contribution in [-0.4, -0.2) is 37.0 Å². The van der Waals surface area contributed by atoms with Crippen LogP contribution in [0.5, 0.6) is 0 Å². The third-order valence-corrected chi connectivity index (χ3v) is 8.93. The Kier molecular flexibility index (Phi) is 7.65. The fraction of sp³-hybridized carbons (Fsp3) is 0.733. The summed E-state index contributed by atoms with van der Waals surface area (Å²) < 4.78 is 0. The van der Waals surface area contributed by atoms with Crippen LogP contribution in [0.15, 0.2) is 23.3 Å². The lowest BCUT2D eigenvalue weighted by Gasteiger charge is -2.18. The van der Waals surface area contributed by atoms with Crippen LogP contribution in [0.4, 0.5) is 0 Å². The van der Waals surface area contributed by atoms with Gasteiger partial charge in [0.25, 0.3) is 0 Å². The molecule has 0 radical (unpaired) electrons. The predicted molar refractivity (Wildman–Crippen MR) is 86.5 cm³/mol. The zero-order valence-corrected chi connectivity index (χ0v) is 13.8. The fourth-order valence-corrected chi connectivity index (χ4v) is 5.80. The molecular weight excluding hydrogens is 242 g/mol. The molecule has 0 saturated carbocycles. The van der Waals surface area contributed by atoms with E-state index in [4.69, 9.17) is 0 Å². The molecule has 0 aromatic rings. The Balaban J connectivity index is 2.61. The average Bonchev–Trinajstić information content (AvgIpc) is 2.80. The molecule has 0 aromatic carbocycles. The molecule has 0 bridgehead atoms. The Morgan fingerprint density at radius 2 is 1.41 bits per heavy atom. The molecule has 0 aliphatic heterocycles. The molecule has 0 spiro atoms. The van der Waals surface area contributed by atoms with Crippen LogP contribution in [-0.2, 0) is 0 Å². The summed E-state index contributed by atoms with van der Waals surface area (Å²) in [5.74, 6) is 0. The molecule has 0 N–H and O–H groups in total. The Morgan fingerprint density at radius 3 is 1.94 bits per heavy atom. The second-order valence-corrected chi connectivity index (χ2v) is 10.5. The highest BCUT2D eigenvalue weighted by Gasteiger charge is 2.15. The highest BCUT2D eigenvalue weighted by Crippen LogP contribution is 2.43. The summed E-state index contributed by atoms with van der Waals surface area (Å²) >= 11 is 0. The summed E-state index contributed by atoms with van der Waals surface area (Å²) in [7, 11) is 0.553. The Labute approximate surface area is 110 Å². The minimum Gasteiger partial charge on any atom is -0.103 e. The first-order valence-corrected chi connectivity index (χ1v) is 10.9. The van der Waals surface area contributed by atoms with Crippen LogP contribution >= 0.6 is 15.8 Å². The van der Waals surface area contributed by atoms with Crippen LogP contribution in [0.2, 0.25) is 0 Å². The average molecular weight is 270 g/mol. The summed E-state index contributed by atoms with van der Waals surface area (Å²) in [6.07, 6.45) is 14.5. The lowest BCUT2D eigenvalue weighted by molar-refractivity contribution is 1.20. The first kappa shape index (κ1) is 15.4. The second-order valence-electron chi connectivity index (χ2n) is 4.66. The van der Waals surface area contributed by atoms with E-state index < -0.39 is 0 Å². The molecule has 0 unspecified atom stereocenters. The lowest BCUT2D eigenvalue weighted by atomic mass is 10.2. The molecule has 0 saturated heterocycles. The van der Waals surface area contributed by atoms with E-state index in [0.29, 0.717) is 0 Å². The highest BCUT2D eigenvalue weighted by atomic mass is 31.1. The second kappa shape index (κ2) is 8.44. The van der Waals surface area contributed by atoms with E-state index in [1.807, 2.05) is 0 Å². The van der Waals surface area contributed by atoms with Gasteiger partial charge in [0.2, 0.25) is 0 Å². The lowest BCUT2D eigenvalue weighted by Crippen LogP contribution is -1.99. The van der Waals surface area contributed by atoms with Crippen molar-refractivity contribution in [2.45, 2.75) is 34.1 Å². The summed E-state index contributed by atoms with van der Waals surface area (Å²) in [6.45, 7) is 9.45. The minimum atomic E-state index is 0.271. The molecule has 17 heavy (non-hydrogen) atoms. The summed E-state index contributed by atoms with van der Waals surface area (Å²) in [4.78, 5) is 0. The van der Waals surface area contributed by atoms with Crippen molar-refractivity contribution in [3.05, 3.63) is 23.3 Å². The first-order chi connectivity index (χ1) is 8.24. The van der Waals surface area contributed by atoms with Gasteiger partial charge in [0.1, 0.15) is 0 Å². The Bertz CT molecular complexity index is 271. The van der Waals surface area contributed by atoms with Gasteiger partial charge in [-0.05, 0) is 49.0 Å². The molecule has 0 aromatic heterocycles. The van der Waals surface area contributed by atoms with E-state index in [0.717, 1.165) is 0 Å². The van der Waals surface area contributed by atoms with E-state index in [1.165, 1.54) is 43.4 Å². The van der Waals surface area contributed by atoms with E-state index in [2.05, 4.69) is 39.8 Å². The number of rotatable bonds is 8. The van der Waals surface area contributed by atoms with Gasteiger partial charge in [-0.25, -0.2) is 0 Å². The van der Waals surface area contributed by atoms with Crippen molar-refractivity contribution in [1.29, 1.82) is 0 Å². The third-order valence-electron chi connectivity index (χ3n) is 3.73. The van der Waals surface area contributed by atoms with E-state index >= 15 is 0 Å². The molecule has 1 aliphatic carbocycles. The van der Waals surface area contributed by atoms with E-state index in [1.54, 1.807) is 11.1 Å². The topological polar surface area (TPSA) is 0 Å². The van der Waals surface area contributed by atoms with Crippen molar-refractivity contribution >= 4 is 15.8 Å². The zero-order valence-electron chi connectivity index (χ0n) is 12.0. The smallest absolute Gasteiger partial charge is 0.00736 e. The molecule has 0 amide bonds. The normalized spacial score (nSPS) is 15.6. The molecule has 0 fully saturated rings. The molecule has 98 valence electrons. The molecule has 1 aliphatic rings. The maximum Gasteiger partial charge on any atom is -0.00736 e. The SMILES string of the molecule is CCP(CC)CC1=C(CP(CC)CC)CC=C1. The molecule has 2 heteroatoms. The van der Waals surface area contributed by atoms with Gasteiger partial charge >= 0.3 is 0 Å². The Morgan fingerprint density at radius 1 is 0.882 bits per heavy atom. The Hall–Kier alpha value is 0.340. The first-order valence-electron chi connectivity index (χ1n) is 7.07. The molecule has 0 nitrogen and oxygen atoms in total. The zero-order chi connectivity index (χ0) is 12.7. The van der Waals surface area contributed by atoms with Crippen molar-refractivity contribution < 1.29 is 0 Å². The van der Waals surface area contributed by atoms with Gasteiger partial charge in [-0.1, -0.05) is 45.4 Å². The van der Waals surface area contributed by atoms with Gasteiger partial charge < -0.3 is 0 Å². The van der Waals surface area contributed by atoms with Crippen LogP contribution in [0.3, 0.4) is 0 Å². The van der Waals surface area contributed by atoms with E-state index in [9.17, 15) is 0 Å². The fourth-order valence-electron chi connectivity index (χ4n) is 2.33. The van der Waals surface area contributed by atoms with Crippen LogP contribution in [0.25, 0.3) is 0 Å². The summed E-state index contributed by atoms with van der Waals surface area (Å²) in [5, 5.41) is 0. The standard InChI is InChI=1S/C15H28P2/c1-5-16(6-2)12-14-10-9-11-15(14)13-17(7-3)8-4/h9-10H,5-8,11-13H2,1-4H3. The van der Waals surface area contributed by atoms with Gasteiger partial charge in [0.05, 0.1) is 0 Å². The van der Waals surface area contributed by atoms with Gasteiger partial charge in [-0.15, -0.1) is 15.8 Å². The largest absolute Gasteiger partial charge is 0.103 e. The quantitative estimate of drug-likeness (QED) is 0.526. The molecular formula is C15H28P2. The number of hydrogen-bond acceptors (Lipinski definition) is 0. The summed E-state index contributed by atoms with van der Waals surface area (Å²) in [6, 6.07) is 0. The van der Waals surface area contributed by atoms with Crippen molar-refractivity contribution in [3.8, 4) is 0 Å². The van der Waals surface area contributed by atoms with Crippen molar-refractivity contribution in [3.63, 3.8) is 0 Å². The van der Waals surface area contributed by atoms with Crippen LogP contribution in [0, 0.1) is 0 Å². The number of allylic oxidation sites excluding steroid dienone is 4. The van der Waals surface area contributed by atoms with Crippen molar-refractivity contribution in [2.24, 2.45) is 0 Å². The van der Waals surface area contributed by atoms with E-state index in [-0.39, 0.29) is 15.8 Å². The number of hydrogen-bond donors (Lipinski definition) is 0. The van der Waals surface area contributed by atoms with Crippen molar-refractivity contribution in [1.82, 2.24) is 0 Å². The monoisotopic (exact) mass is 270 g/mol. The van der Waals surface area contributed by atoms with Gasteiger partial charge in [-0.3, -0.25) is 0 Å². The minimum absolute atomic E-state index is 0.271. The van der Waals surface area contributed by atoms with Crippen LogP contribution in [0.1, 0.15) is 34.1 Å². The maximum absolute atomic E-state index is 2.43. The van der Waals surface area contributed by atoms with Gasteiger partial charge in [0.15, 0.2) is 0 Å². The van der Waals surface area contributed by atoms with Gasteiger partial charge in [-0.2, -0.15) is 0 Å². The van der Waals surface area contributed by atoms with Crippen LogP contribution < -0.4 is 0 Å². The third kappa shape index (κ3) is 4.84.